The van der Waals surface area contributed by atoms with E-state index in [1.54, 1.807) is 18.2 Å². The molecular formula is C18H28N2O4S. The lowest BCUT2D eigenvalue weighted by Crippen LogP contribution is -2.46. The number of piperidine rings is 1. The molecule has 0 spiro atoms. The zero-order valence-corrected chi connectivity index (χ0v) is 16.2. The summed E-state index contributed by atoms with van der Waals surface area (Å²) in [4.78, 5) is 12.5. The third-order valence-electron chi connectivity index (χ3n) is 4.27. The standard InChI is InChI=1S/C18H28N2O4S/c1-5-24-17-9-8-16(11-14(17)4)25(22,23)20-10-6-7-15(12-20)18(21)19-13(2)3/h8-9,11,13,15H,5-7,10,12H2,1-4H3,(H,19,21)/t15-/m0/s1. The van der Waals surface area contributed by atoms with E-state index < -0.39 is 10.0 Å². The molecule has 1 aromatic carbocycles. The van der Waals surface area contributed by atoms with Gasteiger partial charge in [-0.2, -0.15) is 4.31 Å². The van der Waals surface area contributed by atoms with Crippen molar-refractivity contribution < 1.29 is 17.9 Å². The van der Waals surface area contributed by atoms with Gasteiger partial charge in [0, 0.05) is 19.1 Å². The molecule has 0 radical (unpaired) electrons. The number of benzene rings is 1. The van der Waals surface area contributed by atoms with Gasteiger partial charge in [0.05, 0.1) is 17.4 Å². The van der Waals surface area contributed by atoms with E-state index in [0.717, 1.165) is 5.56 Å². The maximum Gasteiger partial charge on any atom is 0.243 e. The first-order chi connectivity index (χ1) is 11.8. The molecule has 0 aliphatic carbocycles. The Kier molecular flexibility index (Phi) is 6.46. The number of ether oxygens (including phenoxy) is 1. The first-order valence-corrected chi connectivity index (χ1v) is 10.2. The third kappa shape index (κ3) is 4.73. The molecule has 1 atom stereocenters. The molecule has 2 rings (SSSR count). The Labute approximate surface area is 150 Å². The molecule has 1 aromatic rings. The van der Waals surface area contributed by atoms with Crippen LogP contribution >= 0.6 is 0 Å². The quantitative estimate of drug-likeness (QED) is 0.836. The molecule has 0 saturated carbocycles. The van der Waals surface area contributed by atoms with E-state index in [1.165, 1.54) is 4.31 Å². The van der Waals surface area contributed by atoms with Crippen LogP contribution in [-0.2, 0) is 14.8 Å². The van der Waals surface area contributed by atoms with Crippen LogP contribution in [0.5, 0.6) is 5.75 Å². The zero-order chi connectivity index (χ0) is 18.6. The van der Waals surface area contributed by atoms with Gasteiger partial charge in [0.25, 0.3) is 0 Å². The van der Waals surface area contributed by atoms with Crippen molar-refractivity contribution in [2.45, 2.75) is 51.5 Å². The normalized spacial score (nSPS) is 19.0. The first kappa shape index (κ1) is 19.7. The molecule has 1 aliphatic heterocycles. The fourth-order valence-electron chi connectivity index (χ4n) is 3.03. The summed E-state index contributed by atoms with van der Waals surface area (Å²) < 4.78 is 32.8. The molecule has 1 heterocycles. The number of carbonyl (C=O) groups excluding carboxylic acids is 1. The smallest absolute Gasteiger partial charge is 0.243 e. The van der Waals surface area contributed by atoms with E-state index in [0.29, 0.717) is 31.7 Å². The number of aryl methyl sites for hydroxylation is 1. The highest BCUT2D eigenvalue weighted by Gasteiger charge is 2.33. The van der Waals surface area contributed by atoms with Crippen molar-refractivity contribution in [3.63, 3.8) is 0 Å². The number of hydrogen-bond acceptors (Lipinski definition) is 4. The lowest BCUT2D eigenvalue weighted by atomic mass is 9.98. The number of hydrogen-bond donors (Lipinski definition) is 1. The van der Waals surface area contributed by atoms with Crippen molar-refractivity contribution in [1.29, 1.82) is 0 Å². The minimum atomic E-state index is -3.61. The van der Waals surface area contributed by atoms with Gasteiger partial charge < -0.3 is 10.1 Å². The second-order valence-electron chi connectivity index (χ2n) is 6.73. The number of nitrogens with one attached hydrogen (secondary N) is 1. The summed E-state index contributed by atoms with van der Waals surface area (Å²) in [6, 6.07) is 4.95. The molecular weight excluding hydrogens is 340 g/mol. The Balaban J connectivity index is 2.18. The van der Waals surface area contributed by atoms with E-state index in [9.17, 15) is 13.2 Å². The summed E-state index contributed by atoms with van der Waals surface area (Å²) in [5, 5.41) is 2.88. The van der Waals surface area contributed by atoms with Crippen LogP contribution < -0.4 is 10.1 Å². The fourth-order valence-corrected chi connectivity index (χ4v) is 4.64. The van der Waals surface area contributed by atoms with E-state index >= 15 is 0 Å². The van der Waals surface area contributed by atoms with Crippen LogP contribution in [0.1, 0.15) is 39.2 Å². The van der Waals surface area contributed by atoms with E-state index in [2.05, 4.69) is 5.32 Å². The van der Waals surface area contributed by atoms with Crippen LogP contribution in [-0.4, -0.2) is 44.4 Å². The van der Waals surface area contributed by atoms with Gasteiger partial charge in [0.2, 0.25) is 15.9 Å². The summed E-state index contributed by atoms with van der Waals surface area (Å²) >= 11 is 0. The van der Waals surface area contributed by atoms with Crippen LogP contribution in [0.15, 0.2) is 23.1 Å². The van der Waals surface area contributed by atoms with Crippen LogP contribution in [0, 0.1) is 12.8 Å². The highest BCUT2D eigenvalue weighted by molar-refractivity contribution is 7.89. The van der Waals surface area contributed by atoms with Crippen molar-refractivity contribution >= 4 is 15.9 Å². The number of rotatable bonds is 6. The monoisotopic (exact) mass is 368 g/mol. The van der Waals surface area contributed by atoms with E-state index in [-0.39, 0.29) is 29.3 Å². The molecule has 0 bridgehead atoms. The lowest BCUT2D eigenvalue weighted by Gasteiger charge is -2.31. The van der Waals surface area contributed by atoms with Crippen molar-refractivity contribution in [3.05, 3.63) is 23.8 Å². The molecule has 0 unspecified atom stereocenters. The Morgan fingerprint density at radius 3 is 2.72 bits per heavy atom. The van der Waals surface area contributed by atoms with Gasteiger partial charge in [-0.25, -0.2) is 8.42 Å². The maximum atomic E-state index is 13.0. The van der Waals surface area contributed by atoms with E-state index in [1.807, 2.05) is 27.7 Å². The Bertz CT molecular complexity index is 716. The zero-order valence-electron chi connectivity index (χ0n) is 15.4. The molecule has 6 nitrogen and oxygen atoms in total. The largest absolute Gasteiger partial charge is 0.494 e. The van der Waals surface area contributed by atoms with Crippen LogP contribution in [0.25, 0.3) is 0 Å². The van der Waals surface area contributed by atoms with Gasteiger partial charge in [0.15, 0.2) is 0 Å². The molecule has 1 saturated heterocycles. The number of amides is 1. The molecule has 1 N–H and O–H groups in total. The number of carbonyl (C=O) groups is 1. The topological polar surface area (TPSA) is 75.7 Å². The summed E-state index contributed by atoms with van der Waals surface area (Å²) in [5.74, 6) is 0.321. The number of sulfonamides is 1. The lowest BCUT2D eigenvalue weighted by molar-refractivity contribution is -0.126. The van der Waals surface area contributed by atoms with Crippen molar-refractivity contribution in [3.8, 4) is 5.75 Å². The summed E-state index contributed by atoms with van der Waals surface area (Å²) in [7, 11) is -3.61. The minimum absolute atomic E-state index is 0.0493. The van der Waals surface area contributed by atoms with Gasteiger partial charge in [0.1, 0.15) is 5.75 Å². The van der Waals surface area contributed by atoms with Crippen LogP contribution in [0.4, 0.5) is 0 Å². The molecule has 1 amide bonds. The summed E-state index contributed by atoms with van der Waals surface area (Å²) in [6.07, 6.45) is 1.40. The van der Waals surface area contributed by atoms with E-state index in [4.69, 9.17) is 4.74 Å². The van der Waals surface area contributed by atoms with Gasteiger partial charge >= 0.3 is 0 Å². The van der Waals surface area contributed by atoms with Crippen LogP contribution in [0.2, 0.25) is 0 Å². The molecule has 140 valence electrons. The Hall–Kier alpha value is -1.60. The van der Waals surface area contributed by atoms with Gasteiger partial charge in [-0.3, -0.25) is 4.79 Å². The molecule has 1 fully saturated rings. The highest BCUT2D eigenvalue weighted by Crippen LogP contribution is 2.27. The van der Waals surface area contributed by atoms with Gasteiger partial charge in [-0.15, -0.1) is 0 Å². The highest BCUT2D eigenvalue weighted by atomic mass is 32.2. The molecule has 0 aromatic heterocycles. The van der Waals surface area contributed by atoms with Gasteiger partial charge in [-0.05, 0) is 64.3 Å². The predicted octanol–water partition coefficient (Wildman–Crippen LogP) is 2.32. The predicted molar refractivity (Wildman–Crippen MR) is 97.1 cm³/mol. The minimum Gasteiger partial charge on any atom is -0.494 e. The Morgan fingerprint density at radius 1 is 1.40 bits per heavy atom. The second kappa shape index (κ2) is 8.19. The molecule has 1 aliphatic rings. The Morgan fingerprint density at radius 2 is 2.12 bits per heavy atom. The van der Waals surface area contributed by atoms with Crippen molar-refractivity contribution in [2.24, 2.45) is 5.92 Å². The van der Waals surface area contributed by atoms with Crippen LogP contribution in [0.3, 0.4) is 0 Å². The fraction of sp³-hybridized carbons (Fsp3) is 0.611. The average molecular weight is 368 g/mol. The summed E-state index contributed by atoms with van der Waals surface area (Å²) in [6.45, 7) is 8.73. The molecule has 25 heavy (non-hydrogen) atoms. The average Bonchev–Trinajstić information content (AvgIpc) is 2.56. The van der Waals surface area contributed by atoms with Crippen molar-refractivity contribution in [1.82, 2.24) is 9.62 Å². The van der Waals surface area contributed by atoms with Crippen molar-refractivity contribution in [2.75, 3.05) is 19.7 Å². The maximum absolute atomic E-state index is 13.0. The third-order valence-corrected chi connectivity index (χ3v) is 6.13. The molecule has 7 heteroatoms. The first-order valence-electron chi connectivity index (χ1n) is 8.79. The summed E-state index contributed by atoms with van der Waals surface area (Å²) in [5.41, 5.74) is 0.786. The van der Waals surface area contributed by atoms with Gasteiger partial charge in [-0.1, -0.05) is 0 Å². The second-order valence-corrected chi connectivity index (χ2v) is 8.66. The number of nitrogens with zero attached hydrogens (tertiary/aromatic N) is 1. The SMILES string of the molecule is CCOc1ccc(S(=O)(=O)N2CCC[C@H](C(=O)NC(C)C)C2)cc1C.